The minimum atomic E-state index is -0.463. The van der Waals surface area contributed by atoms with E-state index >= 15 is 0 Å². The van der Waals surface area contributed by atoms with Crippen LogP contribution in [0.3, 0.4) is 0 Å². The lowest BCUT2D eigenvalue weighted by molar-refractivity contribution is 0.0598. The van der Waals surface area contributed by atoms with E-state index in [0.717, 1.165) is 5.56 Å². The Morgan fingerprint density at radius 3 is 2.59 bits per heavy atom. The molecule has 0 aliphatic rings. The first kappa shape index (κ1) is 15.6. The van der Waals surface area contributed by atoms with E-state index < -0.39 is 5.97 Å². The Morgan fingerprint density at radius 2 is 1.91 bits per heavy atom. The third-order valence-electron chi connectivity index (χ3n) is 3.00. The summed E-state index contributed by atoms with van der Waals surface area (Å²) in [5, 5.41) is 5.37. The molecule has 0 unspecified atom stereocenters. The number of esters is 1. The van der Waals surface area contributed by atoms with Crippen molar-refractivity contribution in [2.24, 2.45) is 0 Å². The average Bonchev–Trinajstić information content (AvgIpc) is 2.92. The molecule has 0 aromatic carbocycles. The number of carbonyl (C=O) groups excluding carboxylic acids is 2. The maximum absolute atomic E-state index is 11.7. The molecule has 0 radical (unpaired) electrons. The Hall–Kier alpha value is -2.83. The SMILES string of the molecule is COC(=O)c1cc(CNC(=O)NCc2ccncc2)oc1C. The molecule has 7 nitrogen and oxygen atoms in total. The van der Waals surface area contributed by atoms with Crippen LogP contribution < -0.4 is 10.6 Å². The van der Waals surface area contributed by atoms with Crippen molar-refractivity contribution in [3.05, 3.63) is 53.2 Å². The van der Waals surface area contributed by atoms with Crippen LogP contribution in [0.1, 0.15) is 27.4 Å². The number of methoxy groups -OCH3 is 1. The van der Waals surface area contributed by atoms with E-state index in [1.54, 1.807) is 25.4 Å². The summed E-state index contributed by atoms with van der Waals surface area (Å²) in [6, 6.07) is 4.87. The highest BCUT2D eigenvalue weighted by molar-refractivity contribution is 5.90. The summed E-state index contributed by atoms with van der Waals surface area (Å²) in [5.74, 6) is 0.479. The lowest BCUT2D eigenvalue weighted by atomic mass is 10.2. The zero-order valence-electron chi connectivity index (χ0n) is 12.4. The van der Waals surface area contributed by atoms with Gasteiger partial charge < -0.3 is 19.8 Å². The highest BCUT2D eigenvalue weighted by Crippen LogP contribution is 2.15. The zero-order valence-corrected chi connectivity index (χ0v) is 12.4. The van der Waals surface area contributed by atoms with Crippen molar-refractivity contribution in [3.8, 4) is 0 Å². The second-order valence-electron chi connectivity index (χ2n) is 4.57. The summed E-state index contributed by atoms with van der Waals surface area (Å²) < 4.78 is 10.0. The lowest BCUT2D eigenvalue weighted by Gasteiger charge is -2.06. The fourth-order valence-corrected chi connectivity index (χ4v) is 1.86. The molecular weight excluding hydrogens is 286 g/mol. The molecule has 2 rings (SSSR count). The van der Waals surface area contributed by atoms with Gasteiger partial charge in [0.25, 0.3) is 0 Å². The number of hydrogen-bond donors (Lipinski definition) is 2. The summed E-state index contributed by atoms with van der Waals surface area (Å²) in [6.07, 6.45) is 3.32. The second kappa shape index (κ2) is 7.26. The molecule has 0 aliphatic heterocycles. The molecule has 7 heteroatoms. The number of urea groups is 1. The van der Waals surface area contributed by atoms with Gasteiger partial charge in [0.05, 0.1) is 13.7 Å². The van der Waals surface area contributed by atoms with Crippen molar-refractivity contribution < 1.29 is 18.7 Å². The molecule has 2 amide bonds. The van der Waals surface area contributed by atoms with Crippen molar-refractivity contribution in [1.82, 2.24) is 15.6 Å². The molecule has 0 saturated carbocycles. The van der Waals surface area contributed by atoms with E-state index in [1.807, 2.05) is 12.1 Å². The molecule has 116 valence electrons. The number of aromatic nitrogens is 1. The number of rotatable bonds is 5. The van der Waals surface area contributed by atoms with Crippen LogP contribution in [0.5, 0.6) is 0 Å². The van der Waals surface area contributed by atoms with Gasteiger partial charge in [-0.2, -0.15) is 0 Å². The van der Waals surface area contributed by atoms with Crippen molar-refractivity contribution in [1.29, 1.82) is 0 Å². The lowest BCUT2D eigenvalue weighted by Crippen LogP contribution is -2.34. The number of furan rings is 1. The Labute approximate surface area is 127 Å². The van der Waals surface area contributed by atoms with Gasteiger partial charge in [-0.15, -0.1) is 0 Å². The summed E-state index contributed by atoms with van der Waals surface area (Å²) in [7, 11) is 1.30. The van der Waals surface area contributed by atoms with Crippen LogP contribution in [-0.2, 0) is 17.8 Å². The molecule has 0 spiro atoms. The van der Waals surface area contributed by atoms with E-state index in [2.05, 4.69) is 20.4 Å². The summed E-state index contributed by atoms with van der Waals surface area (Å²) in [6.45, 7) is 2.25. The highest BCUT2D eigenvalue weighted by Gasteiger charge is 2.15. The van der Waals surface area contributed by atoms with Crippen LogP contribution in [0.25, 0.3) is 0 Å². The largest absolute Gasteiger partial charge is 0.465 e. The number of nitrogens with zero attached hydrogens (tertiary/aromatic N) is 1. The van der Waals surface area contributed by atoms with E-state index in [1.165, 1.54) is 7.11 Å². The first-order chi connectivity index (χ1) is 10.6. The third kappa shape index (κ3) is 4.08. The molecule has 2 heterocycles. The van der Waals surface area contributed by atoms with Gasteiger partial charge in [0.1, 0.15) is 17.1 Å². The molecule has 2 N–H and O–H groups in total. The van der Waals surface area contributed by atoms with Gasteiger partial charge >= 0.3 is 12.0 Å². The minimum Gasteiger partial charge on any atom is -0.465 e. The molecule has 0 saturated heterocycles. The monoisotopic (exact) mass is 303 g/mol. The quantitative estimate of drug-likeness (QED) is 0.821. The number of pyridine rings is 1. The second-order valence-corrected chi connectivity index (χ2v) is 4.57. The minimum absolute atomic E-state index is 0.181. The summed E-state index contributed by atoms with van der Waals surface area (Å²) >= 11 is 0. The van der Waals surface area contributed by atoms with Gasteiger partial charge in [0.2, 0.25) is 0 Å². The normalized spacial score (nSPS) is 10.1. The topological polar surface area (TPSA) is 93.5 Å². The van der Waals surface area contributed by atoms with Crippen molar-refractivity contribution >= 4 is 12.0 Å². The van der Waals surface area contributed by atoms with Crippen LogP contribution in [0.2, 0.25) is 0 Å². The van der Waals surface area contributed by atoms with Crippen molar-refractivity contribution in [2.45, 2.75) is 20.0 Å². The highest BCUT2D eigenvalue weighted by atomic mass is 16.5. The average molecular weight is 303 g/mol. The summed E-state index contributed by atoms with van der Waals surface area (Å²) in [5.41, 5.74) is 1.31. The first-order valence-corrected chi connectivity index (χ1v) is 6.68. The molecule has 0 bridgehead atoms. The van der Waals surface area contributed by atoms with Crippen molar-refractivity contribution in [3.63, 3.8) is 0 Å². The van der Waals surface area contributed by atoms with Gasteiger partial charge in [-0.3, -0.25) is 4.98 Å². The Morgan fingerprint density at radius 1 is 1.23 bits per heavy atom. The predicted molar refractivity (Wildman–Crippen MR) is 78.1 cm³/mol. The van der Waals surface area contributed by atoms with Crippen LogP contribution in [0, 0.1) is 6.92 Å². The maximum Gasteiger partial charge on any atom is 0.341 e. The molecule has 0 atom stereocenters. The van der Waals surface area contributed by atoms with E-state index in [-0.39, 0.29) is 12.6 Å². The van der Waals surface area contributed by atoms with E-state index in [0.29, 0.717) is 23.6 Å². The Bertz CT molecular complexity index is 652. The Balaban J connectivity index is 1.82. The zero-order chi connectivity index (χ0) is 15.9. The number of ether oxygens (including phenoxy) is 1. The number of amides is 2. The number of carbonyl (C=O) groups is 2. The molecule has 22 heavy (non-hydrogen) atoms. The van der Waals surface area contributed by atoms with E-state index in [4.69, 9.17) is 4.42 Å². The van der Waals surface area contributed by atoms with Gasteiger partial charge in [-0.1, -0.05) is 0 Å². The predicted octanol–water partition coefficient (Wildman–Crippen LogP) is 1.77. The standard InChI is InChI=1S/C15H17N3O4/c1-10-13(14(19)21-2)7-12(22-10)9-18-15(20)17-8-11-3-5-16-6-4-11/h3-7H,8-9H2,1-2H3,(H2,17,18,20). The van der Waals surface area contributed by atoms with E-state index in [9.17, 15) is 9.59 Å². The van der Waals surface area contributed by atoms with Crippen LogP contribution in [-0.4, -0.2) is 24.1 Å². The van der Waals surface area contributed by atoms with Gasteiger partial charge in [-0.25, -0.2) is 9.59 Å². The van der Waals surface area contributed by atoms with Gasteiger partial charge in [-0.05, 0) is 30.7 Å². The number of aryl methyl sites for hydroxylation is 1. The van der Waals surface area contributed by atoms with Crippen LogP contribution in [0.4, 0.5) is 4.79 Å². The molecule has 0 aliphatic carbocycles. The number of hydrogen-bond acceptors (Lipinski definition) is 5. The molecule has 2 aromatic rings. The smallest absolute Gasteiger partial charge is 0.341 e. The van der Waals surface area contributed by atoms with Crippen molar-refractivity contribution in [2.75, 3.05) is 7.11 Å². The molecular formula is C15H17N3O4. The Kier molecular flexibility index (Phi) is 5.13. The number of nitrogens with one attached hydrogen (secondary N) is 2. The third-order valence-corrected chi connectivity index (χ3v) is 3.00. The fraction of sp³-hybridized carbons (Fsp3) is 0.267. The van der Waals surface area contributed by atoms with Crippen LogP contribution >= 0.6 is 0 Å². The molecule has 2 aromatic heterocycles. The molecule has 0 fully saturated rings. The van der Waals surface area contributed by atoms with Gasteiger partial charge in [0, 0.05) is 18.9 Å². The van der Waals surface area contributed by atoms with Crippen LogP contribution in [0.15, 0.2) is 35.0 Å². The van der Waals surface area contributed by atoms with Gasteiger partial charge in [0.15, 0.2) is 0 Å². The fourth-order valence-electron chi connectivity index (χ4n) is 1.86. The maximum atomic E-state index is 11.7. The first-order valence-electron chi connectivity index (χ1n) is 6.68. The summed E-state index contributed by atoms with van der Waals surface area (Å²) in [4.78, 5) is 27.1.